The van der Waals surface area contributed by atoms with Crippen molar-refractivity contribution in [1.82, 2.24) is 0 Å². The van der Waals surface area contributed by atoms with Gasteiger partial charge in [0.2, 0.25) is 6.41 Å². The summed E-state index contributed by atoms with van der Waals surface area (Å²) >= 11 is 0. The molecular weight excluding hydrogens is 150 g/mol. The summed E-state index contributed by atoms with van der Waals surface area (Å²) in [6.45, 7) is 0. The maximum absolute atomic E-state index is 9.78. The van der Waals surface area contributed by atoms with Gasteiger partial charge in [0.25, 0.3) is 0 Å². The predicted molar refractivity (Wildman–Crippen MR) is 50.0 cm³/mol. The first kappa shape index (κ1) is 8.40. The normalized spacial score (nSPS) is 11.0. The molecule has 2 nitrogen and oxygen atoms in total. The van der Waals surface area contributed by atoms with E-state index in [1.54, 1.807) is 6.08 Å². The van der Waals surface area contributed by atoms with E-state index in [1.165, 1.54) is 6.21 Å². The van der Waals surface area contributed by atoms with Crippen molar-refractivity contribution in [3.05, 3.63) is 42.0 Å². The second kappa shape index (κ2) is 5.02. The van der Waals surface area contributed by atoms with E-state index < -0.39 is 0 Å². The van der Waals surface area contributed by atoms with Gasteiger partial charge in [-0.1, -0.05) is 36.4 Å². The van der Waals surface area contributed by atoms with Crippen molar-refractivity contribution in [2.24, 2.45) is 4.99 Å². The van der Waals surface area contributed by atoms with Crippen molar-refractivity contribution in [3.63, 3.8) is 0 Å². The minimum Gasteiger partial charge on any atom is -0.276 e. The van der Waals surface area contributed by atoms with Crippen molar-refractivity contribution in [1.29, 1.82) is 0 Å². The first-order valence-electron chi connectivity index (χ1n) is 3.62. The number of carbonyl (C=O) groups is 1. The molecule has 1 amide bonds. The van der Waals surface area contributed by atoms with E-state index in [2.05, 4.69) is 4.99 Å². The van der Waals surface area contributed by atoms with Crippen LogP contribution in [0, 0.1) is 0 Å². The molecule has 12 heavy (non-hydrogen) atoms. The highest BCUT2D eigenvalue weighted by Gasteiger charge is 1.79. The van der Waals surface area contributed by atoms with Gasteiger partial charge in [-0.05, 0) is 11.6 Å². The summed E-state index contributed by atoms with van der Waals surface area (Å²) in [5, 5.41) is 0. The average Bonchev–Trinajstić information content (AvgIpc) is 2.14. The summed E-state index contributed by atoms with van der Waals surface area (Å²) in [7, 11) is 0. The summed E-state index contributed by atoms with van der Waals surface area (Å²) in [6, 6.07) is 9.82. The molecule has 0 saturated heterocycles. The van der Waals surface area contributed by atoms with Crippen molar-refractivity contribution >= 4 is 18.7 Å². The Kier molecular flexibility index (Phi) is 3.51. The zero-order valence-electron chi connectivity index (χ0n) is 6.55. The maximum atomic E-state index is 9.78. The third-order valence-electron chi connectivity index (χ3n) is 1.32. The molecule has 0 aromatic heterocycles. The molecule has 0 N–H and O–H groups in total. The number of allylic oxidation sites excluding steroid dienone is 1. The van der Waals surface area contributed by atoms with Gasteiger partial charge in [0.1, 0.15) is 0 Å². The topological polar surface area (TPSA) is 29.4 Å². The van der Waals surface area contributed by atoms with Crippen LogP contribution < -0.4 is 0 Å². The predicted octanol–water partition coefficient (Wildman–Crippen LogP) is 1.93. The third kappa shape index (κ3) is 2.92. The van der Waals surface area contributed by atoms with E-state index in [9.17, 15) is 4.79 Å². The van der Waals surface area contributed by atoms with E-state index in [0.29, 0.717) is 6.41 Å². The van der Waals surface area contributed by atoms with Gasteiger partial charge in [0.15, 0.2) is 0 Å². The highest BCUT2D eigenvalue weighted by molar-refractivity contribution is 5.82. The Balaban J connectivity index is 2.58. The van der Waals surface area contributed by atoms with Gasteiger partial charge >= 0.3 is 0 Å². The molecule has 0 saturated carbocycles. The Labute approximate surface area is 71.3 Å². The molecule has 0 spiro atoms. The van der Waals surface area contributed by atoms with E-state index in [1.807, 2.05) is 36.4 Å². The fraction of sp³-hybridized carbons (Fsp3) is 0. The molecule has 0 radical (unpaired) electrons. The van der Waals surface area contributed by atoms with Crippen LogP contribution in [0.2, 0.25) is 0 Å². The Morgan fingerprint density at radius 1 is 1.17 bits per heavy atom. The molecule has 0 aliphatic rings. The molecule has 0 bridgehead atoms. The van der Waals surface area contributed by atoms with Crippen LogP contribution in [-0.2, 0) is 4.79 Å². The Morgan fingerprint density at radius 2 is 1.92 bits per heavy atom. The van der Waals surface area contributed by atoms with Gasteiger partial charge in [-0.15, -0.1) is 0 Å². The smallest absolute Gasteiger partial charge is 0.232 e. The largest absolute Gasteiger partial charge is 0.276 e. The van der Waals surface area contributed by atoms with Crippen LogP contribution in [0.25, 0.3) is 6.08 Å². The molecule has 1 aromatic rings. The van der Waals surface area contributed by atoms with Crippen molar-refractivity contribution < 1.29 is 4.79 Å². The molecule has 0 atom stereocenters. The first-order chi connectivity index (χ1) is 5.93. The number of nitrogens with zero attached hydrogens (tertiary/aromatic N) is 1. The van der Waals surface area contributed by atoms with E-state index in [0.717, 1.165) is 5.56 Å². The Morgan fingerprint density at radius 3 is 2.58 bits per heavy atom. The van der Waals surface area contributed by atoms with E-state index >= 15 is 0 Å². The van der Waals surface area contributed by atoms with Crippen LogP contribution >= 0.6 is 0 Å². The number of carbonyl (C=O) groups excluding carboxylic acids is 1. The van der Waals surface area contributed by atoms with Crippen molar-refractivity contribution in [3.8, 4) is 0 Å². The van der Waals surface area contributed by atoms with E-state index in [4.69, 9.17) is 0 Å². The average molecular weight is 159 g/mol. The zero-order chi connectivity index (χ0) is 8.65. The molecule has 0 heterocycles. The summed E-state index contributed by atoms with van der Waals surface area (Å²) in [5.74, 6) is 0. The molecule has 1 aromatic carbocycles. The third-order valence-corrected chi connectivity index (χ3v) is 1.32. The molecular formula is C10H9NO. The summed E-state index contributed by atoms with van der Waals surface area (Å²) in [4.78, 5) is 13.2. The minimum absolute atomic E-state index is 0.509. The number of amides is 1. The SMILES string of the molecule is O=CN=C/C=C/c1ccccc1. The lowest BCUT2D eigenvalue weighted by atomic mass is 10.2. The summed E-state index contributed by atoms with van der Waals surface area (Å²) in [6.07, 6.45) is 5.58. The van der Waals surface area contributed by atoms with Gasteiger partial charge in [0, 0.05) is 6.21 Å². The monoisotopic (exact) mass is 159 g/mol. The molecule has 0 aliphatic heterocycles. The lowest BCUT2D eigenvalue weighted by Crippen LogP contribution is -1.69. The van der Waals surface area contributed by atoms with Gasteiger partial charge in [-0.2, -0.15) is 0 Å². The molecule has 0 fully saturated rings. The second-order valence-corrected chi connectivity index (χ2v) is 2.17. The zero-order valence-corrected chi connectivity index (χ0v) is 6.55. The maximum Gasteiger partial charge on any atom is 0.232 e. The minimum atomic E-state index is 0.509. The van der Waals surface area contributed by atoms with Crippen molar-refractivity contribution in [2.75, 3.05) is 0 Å². The standard InChI is InChI=1S/C10H9NO/c12-9-11-8-4-7-10-5-2-1-3-6-10/h1-9H/b7-4+,11-8?. The van der Waals surface area contributed by atoms with Crippen LogP contribution in [0.5, 0.6) is 0 Å². The van der Waals surface area contributed by atoms with Gasteiger partial charge in [0.05, 0.1) is 0 Å². The lowest BCUT2D eigenvalue weighted by Gasteiger charge is -1.87. The number of rotatable bonds is 3. The summed E-state index contributed by atoms with van der Waals surface area (Å²) in [5.41, 5.74) is 1.09. The highest BCUT2D eigenvalue weighted by atomic mass is 16.1. The van der Waals surface area contributed by atoms with Crippen molar-refractivity contribution in [2.45, 2.75) is 0 Å². The number of aliphatic imine (C=N–C) groups is 1. The van der Waals surface area contributed by atoms with Crippen LogP contribution in [-0.4, -0.2) is 12.6 Å². The fourth-order valence-electron chi connectivity index (χ4n) is 0.803. The fourth-order valence-corrected chi connectivity index (χ4v) is 0.803. The number of hydrogen-bond acceptors (Lipinski definition) is 1. The van der Waals surface area contributed by atoms with Crippen LogP contribution in [0.3, 0.4) is 0 Å². The molecule has 0 aliphatic carbocycles. The quantitative estimate of drug-likeness (QED) is 0.489. The molecule has 0 unspecified atom stereocenters. The van der Waals surface area contributed by atoms with Gasteiger partial charge in [-0.25, -0.2) is 4.99 Å². The van der Waals surface area contributed by atoms with E-state index in [-0.39, 0.29) is 0 Å². The number of hydrogen-bond donors (Lipinski definition) is 0. The Hall–Kier alpha value is -1.70. The van der Waals surface area contributed by atoms with Crippen LogP contribution in [0.15, 0.2) is 41.4 Å². The molecule has 1 rings (SSSR count). The first-order valence-corrected chi connectivity index (χ1v) is 3.62. The Bertz CT molecular complexity index is 288. The summed E-state index contributed by atoms with van der Waals surface area (Å²) < 4.78 is 0. The second-order valence-electron chi connectivity index (χ2n) is 2.17. The lowest BCUT2D eigenvalue weighted by molar-refractivity contribution is -0.106. The number of benzene rings is 1. The van der Waals surface area contributed by atoms with Crippen LogP contribution in [0.4, 0.5) is 0 Å². The van der Waals surface area contributed by atoms with Gasteiger partial charge < -0.3 is 0 Å². The highest BCUT2D eigenvalue weighted by Crippen LogP contribution is 1.99. The molecule has 2 heteroatoms. The van der Waals surface area contributed by atoms with Crippen LogP contribution in [0.1, 0.15) is 5.56 Å². The van der Waals surface area contributed by atoms with Gasteiger partial charge in [-0.3, -0.25) is 4.79 Å². The molecule has 60 valence electrons.